The Morgan fingerprint density at radius 2 is 2.04 bits per heavy atom. The van der Waals surface area contributed by atoms with Crippen LogP contribution in [0.3, 0.4) is 0 Å². The third-order valence-corrected chi connectivity index (χ3v) is 4.42. The van der Waals surface area contributed by atoms with Gasteiger partial charge in [0.05, 0.1) is 11.4 Å². The number of rotatable bonds is 5. The van der Waals surface area contributed by atoms with E-state index < -0.39 is 0 Å². The van der Waals surface area contributed by atoms with Gasteiger partial charge in [0.15, 0.2) is 16.1 Å². The molecule has 1 amide bonds. The van der Waals surface area contributed by atoms with Gasteiger partial charge >= 0.3 is 0 Å². The third kappa shape index (κ3) is 3.72. The van der Waals surface area contributed by atoms with Gasteiger partial charge < -0.3 is 9.88 Å². The lowest BCUT2D eigenvalue weighted by molar-refractivity contribution is -0.113. The minimum atomic E-state index is -0.197. The molecule has 0 aliphatic carbocycles. The molecule has 0 saturated carbocycles. The summed E-state index contributed by atoms with van der Waals surface area (Å²) < 4.78 is 1.80. The highest BCUT2D eigenvalue weighted by Gasteiger charge is 2.14. The molecule has 9 heteroatoms. The van der Waals surface area contributed by atoms with Gasteiger partial charge in [-0.1, -0.05) is 29.4 Å². The predicted octanol–water partition coefficient (Wildman–Crippen LogP) is 2.66. The van der Waals surface area contributed by atoms with Crippen LogP contribution in [0.15, 0.2) is 47.9 Å². The van der Waals surface area contributed by atoms with E-state index in [2.05, 4.69) is 25.5 Å². The largest absolute Gasteiger partial charge is 0.323 e. The Hall–Kier alpha value is -2.45. The number of aromatic nitrogens is 5. The van der Waals surface area contributed by atoms with Gasteiger partial charge in [0.25, 0.3) is 0 Å². The summed E-state index contributed by atoms with van der Waals surface area (Å²) in [6.07, 6.45) is 3.26. The number of amides is 1. The van der Waals surface area contributed by atoms with Crippen molar-refractivity contribution in [3.8, 4) is 11.5 Å². The minimum Gasteiger partial charge on any atom is -0.323 e. The van der Waals surface area contributed by atoms with Gasteiger partial charge in [-0.15, -0.1) is 10.2 Å². The Labute approximate surface area is 147 Å². The summed E-state index contributed by atoms with van der Waals surface area (Å²) in [6, 6.07) is 8.98. The highest BCUT2D eigenvalue weighted by molar-refractivity contribution is 7.99. The molecule has 24 heavy (non-hydrogen) atoms. The summed E-state index contributed by atoms with van der Waals surface area (Å²) in [5, 5.41) is 11.8. The molecule has 0 aliphatic rings. The van der Waals surface area contributed by atoms with Crippen molar-refractivity contribution in [2.75, 3.05) is 11.1 Å². The van der Waals surface area contributed by atoms with Gasteiger partial charge in [-0.25, -0.2) is 4.98 Å². The van der Waals surface area contributed by atoms with Crippen LogP contribution in [0.4, 0.5) is 5.69 Å². The van der Waals surface area contributed by atoms with E-state index in [1.807, 2.05) is 25.2 Å². The number of halogens is 1. The number of carbonyl (C=O) groups excluding carboxylic acids is 1. The van der Waals surface area contributed by atoms with E-state index in [-0.39, 0.29) is 16.8 Å². The summed E-state index contributed by atoms with van der Waals surface area (Å²) in [5.41, 5.74) is 1.21. The van der Waals surface area contributed by atoms with Crippen molar-refractivity contribution in [2.45, 2.75) is 5.16 Å². The standard InChI is InChI=1S/C15H13ClN6OS/c1-22-14(11-5-2-3-7-17-11)20-21-15(22)24-9-12(23)19-10-6-4-8-18-13(10)16/h2-8H,9H2,1H3,(H,19,23). The topological polar surface area (TPSA) is 85.6 Å². The molecule has 0 radical (unpaired) electrons. The van der Waals surface area contributed by atoms with Crippen molar-refractivity contribution in [2.24, 2.45) is 7.05 Å². The van der Waals surface area contributed by atoms with E-state index in [0.717, 1.165) is 5.69 Å². The molecule has 0 saturated heterocycles. The number of nitrogens with zero attached hydrogens (tertiary/aromatic N) is 5. The molecule has 0 spiro atoms. The lowest BCUT2D eigenvalue weighted by atomic mass is 10.3. The second kappa shape index (κ2) is 7.41. The molecule has 0 atom stereocenters. The van der Waals surface area contributed by atoms with Gasteiger partial charge in [0, 0.05) is 19.4 Å². The van der Waals surface area contributed by atoms with Gasteiger partial charge in [0.1, 0.15) is 5.69 Å². The quantitative estimate of drug-likeness (QED) is 0.556. The number of carbonyl (C=O) groups is 1. The fourth-order valence-electron chi connectivity index (χ4n) is 1.95. The first kappa shape index (κ1) is 16.4. The highest BCUT2D eigenvalue weighted by Crippen LogP contribution is 2.22. The van der Waals surface area contributed by atoms with Gasteiger partial charge in [-0.05, 0) is 24.3 Å². The Morgan fingerprint density at radius 1 is 1.21 bits per heavy atom. The monoisotopic (exact) mass is 360 g/mol. The van der Waals surface area contributed by atoms with Crippen LogP contribution in [0.5, 0.6) is 0 Å². The number of nitrogens with one attached hydrogen (secondary N) is 1. The zero-order valence-electron chi connectivity index (χ0n) is 12.7. The Kier molecular flexibility index (Phi) is 5.07. The van der Waals surface area contributed by atoms with Crippen molar-refractivity contribution < 1.29 is 4.79 Å². The molecule has 122 valence electrons. The maximum Gasteiger partial charge on any atom is 0.234 e. The second-order valence-corrected chi connectivity index (χ2v) is 6.06. The SMILES string of the molecule is Cn1c(SCC(=O)Nc2cccnc2Cl)nnc1-c1ccccn1. The molecular weight excluding hydrogens is 348 g/mol. The van der Waals surface area contributed by atoms with Crippen molar-refractivity contribution >= 4 is 35.0 Å². The second-order valence-electron chi connectivity index (χ2n) is 4.76. The van der Waals surface area contributed by atoms with Crippen LogP contribution in [-0.2, 0) is 11.8 Å². The molecule has 1 N–H and O–H groups in total. The molecule has 0 fully saturated rings. The van der Waals surface area contributed by atoms with Crippen LogP contribution in [-0.4, -0.2) is 36.4 Å². The molecule has 3 heterocycles. The van der Waals surface area contributed by atoms with E-state index in [1.54, 1.807) is 29.1 Å². The summed E-state index contributed by atoms with van der Waals surface area (Å²) in [5.74, 6) is 0.630. The van der Waals surface area contributed by atoms with E-state index in [1.165, 1.54) is 11.8 Å². The van der Waals surface area contributed by atoms with Crippen LogP contribution < -0.4 is 5.32 Å². The maximum atomic E-state index is 12.0. The highest BCUT2D eigenvalue weighted by atomic mass is 35.5. The maximum absolute atomic E-state index is 12.0. The summed E-state index contributed by atoms with van der Waals surface area (Å²) >= 11 is 7.20. The predicted molar refractivity (Wildman–Crippen MR) is 92.8 cm³/mol. The number of thioether (sulfide) groups is 1. The lowest BCUT2D eigenvalue weighted by Gasteiger charge is -2.06. The summed E-state index contributed by atoms with van der Waals surface area (Å²) in [6.45, 7) is 0. The fraction of sp³-hybridized carbons (Fsp3) is 0.133. The van der Waals surface area contributed by atoms with Crippen molar-refractivity contribution in [1.29, 1.82) is 0 Å². The van der Waals surface area contributed by atoms with Crippen LogP contribution >= 0.6 is 23.4 Å². The van der Waals surface area contributed by atoms with Crippen molar-refractivity contribution in [1.82, 2.24) is 24.7 Å². The molecule has 3 aromatic rings. The first-order valence-corrected chi connectivity index (χ1v) is 8.35. The summed E-state index contributed by atoms with van der Waals surface area (Å²) in [4.78, 5) is 20.2. The molecule has 3 rings (SSSR count). The minimum absolute atomic E-state index is 0.180. The molecule has 0 aliphatic heterocycles. The Balaban J connectivity index is 1.64. The molecule has 0 aromatic carbocycles. The third-order valence-electron chi connectivity index (χ3n) is 3.09. The fourth-order valence-corrected chi connectivity index (χ4v) is 2.83. The van der Waals surface area contributed by atoms with Crippen LogP contribution in [0.1, 0.15) is 0 Å². The average molecular weight is 361 g/mol. The smallest absolute Gasteiger partial charge is 0.234 e. The first-order valence-electron chi connectivity index (χ1n) is 6.99. The van der Waals surface area contributed by atoms with E-state index in [9.17, 15) is 4.79 Å². The van der Waals surface area contributed by atoms with Crippen LogP contribution in [0.2, 0.25) is 5.15 Å². The van der Waals surface area contributed by atoms with Gasteiger partial charge in [0.2, 0.25) is 5.91 Å². The lowest BCUT2D eigenvalue weighted by Crippen LogP contribution is -2.15. The van der Waals surface area contributed by atoms with Crippen molar-refractivity contribution in [3.63, 3.8) is 0 Å². The van der Waals surface area contributed by atoms with Gasteiger partial charge in [-0.3, -0.25) is 9.78 Å². The molecule has 0 unspecified atom stereocenters. The zero-order valence-corrected chi connectivity index (χ0v) is 14.3. The van der Waals surface area contributed by atoms with Gasteiger partial charge in [-0.2, -0.15) is 0 Å². The molecule has 7 nitrogen and oxygen atoms in total. The number of hydrogen-bond acceptors (Lipinski definition) is 6. The van der Waals surface area contributed by atoms with E-state index in [4.69, 9.17) is 11.6 Å². The molecule has 3 aromatic heterocycles. The number of pyridine rings is 2. The number of anilines is 1. The van der Waals surface area contributed by atoms with Crippen LogP contribution in [0, 0.1) is 0 Å². The molecule has 0 bridgehead atoms. The Bertz CT molecular complexity index is 854. The molecular formula is C15H13ClN6OS. The van der Waals surface area contributed by atoms with E-state index >= 15 is 0 Å². The average Bonchev–Trinajstić information content (AvgIpc) is 2.97. The van der Waals surface area contributed by atoms with Crippen molar-refractivity contribution in [3.05, 3.63) is 47.9 Å². The zero-order chi connectivity index (χ0) is 16.9. The van der Waals surface area contributed by atoms with Crippen LogP contribution in [0.25, 0.3) is 11.5 Å². The van der Waals surface area contributed by atoms with E-state index in [0.29, 0.717) is 16.7 Å². The normalized spacial score (nSPS) is 10.6. The summed E-state index contributed by atoms with van der Waals surface area (Å²) in [7, 11) is 1.84. The Morgan fingerprint density at radius 3 is 2.79 bits per heavy atom. The first-order chi connectivity index (χ1) is 11.6. The number of hydrogen-bond donors (Lipinski definition) is 1.